The Morgan fingerprint density at radius 3 is 2.59 bits per heavy atom. The summed E-state index contributed by atoms with van der Waals surface area (Å²) in [5, 5.41) is 0.306. The number of imidazole rings is 1. The van der Waals surface area contributed by atoms with Crippen molar-refractivity contribution in [1.29, 1.82) is 0 Å². The van der Waals surface area contributed by atoms with E-state index < -0.39 is 0 Å². The number of anilines is 1. The summed E-state index contributed by atoms with van der Waals surface area (Å²) in [5.41, 5.74) is 1.000. The lowest BCUT2D eigenvalue weighted by molar-refractivity contribution is 0.0992. The minimum atomic E-state index is -0.347. The molecule has 1 N–H and O–H groups in total. The molecule has 4 aromatic rings. The zero-order valence-corrected chi connectivity index (χ0v) is 19.4. The summed E-state index contributed by atoms with van der Waals surface area (Å²) in [6, 6.07) is 6.55. The number of hydrogen-bond acceptors (Lipinski definition) is 6. The number of amides is 1. The van der Waals surface area contributed by atoms with Crippen LogP contribution in [-0.2, 0) is 6.54 Å². The zero-order valence-electron chi connectivity index (χ0n) is 18.7. The van der Waals surface area contributed by atoms with Crippen LogP contribution in [0.5, 0.6) is 0 Å². The molecule has 0 saturated heterocycles. The lowest BCUT2D eigenvalue weighted by Crippen LogP contribution is -2.39. The molecule has 1 amide bonds. The lowest BCUT2D eigenvalue weighted by atomic mass is 10.2. The number of H-pyrrole nitrogens is 1. The van der Waals surface area contributed by atoms with Crippen molar-refractivity contribution >= 4 is 34.5 Å². The van der Waals surface area contributed by atoms with Crippen molar-refractivity contribution in [2.75, 3.05) is 11.9 Å². The van der Waals surface area contributed by atoms with Gasteiger partial charge in [0.25, 0.3) is 11.5 Å². The van der Waals surface area contributed by atoms with Crippen LogP contribution in [0.3, 0.4) is 0 Å². The van der Waals surface area contributed by atoms with Crippen LogP contribution >= 0.6 is 11.6 Å². The van der Waals surface area contributed by atoms with Crippen molar-refractivity contribution in [3.8, 4) is 11.4 Å². The number of pyridine rings is 2. The highest BCUT2D eigenvalue weighted by Gasteiger charge is 2.30. The molecule has 1 aliphatic rings. The van der Waals surface area contributed by atoms with Crippen LogP contribution in [-0.4, -0.2) is 42.0 Å². The van der Waals surface area contributed by atoms with Crippen molar-refractivity contribution < 1.29 is 4.79 Å². The highest BCUT2D eigenvalue weighted by Crippen LogP contribution is 2.32. The quantitative estimate of drug-likeness (QED) is 0.424. The third-order valence-corrected chi connectivity index (χ3v) is 6.04. The first kappa shape index (κ1) is 22.0. The van der Waals surface area contributed by atoms with Gasteiger partial charge in [-0.25, -0.2) is 19.7 Å². The van der Waals surface area contributed by atoms with Crippen LogP contribution < -0.4 is 16.1 Å². The fourth-order valence-corrected chi connectivity index (χ4v) is 3.99. The lowest BCUT2D eigenvalue weighted by Gasteiger charge is -2.16. The van der Waals surface area contributed by atoms with Gasteiger partial charge in [0, 0.05) is 37.6 Å². The van der Waals surface area contributed by atoms with Crippen LogP contribution in [0.1, 0.15) is 42.6 Å². The summed E-state index contributed by atoms with van der Waals surface area (Å²) in [7, 11) is 1.61. The van der Waals surface area contributed by atoms with Gasteiger partial charge in [0.2, 0.25) is 0 Å². The highest BCUT2D eigenvalue weighted by atomic mass is 35.5. The van der Waals surface area contributed by atoms with Crippen molar-refractivity contribution in [3.05, 3.63) is 68.2 Å². The summed E-state index contributed by atoms with van der Waals surface area (Å²) in [6.07, 6.45) is 5.38. The number of fused-ring (bicyclic) bond motifs is 1. The summed E-state index contributed by atoms with van der Waals surface area (Å²) >= 11 is 5.79. The maximum absolute atomic E-state index is 13.0. The Morgan fingerprint density at radius 2 is 1.97 bits per heavy atom. The average molecular weight is 480 g/mol. The summed E-state index contributed by atoms with van der Waals surface area (Å²) in [6.45, 7) is 2.44. The molecule has 1 aliphatic carbocycles. The molecule has 1 fully saturated rings. The standard InChI is InChI=1S/C23H22ClN7O3/c1-3-10-30-20-18(22(33)31(23(30)34)15-6-7-15)27-19(28-20)13-5-9-17(26-11-13)29(2)21(32)14-4-8-16(24)25-12-14/h4-5,8-9,11-12,15H,3,6-7,10H2,1-2H3,(H,27,28). The normalized spacial score (nSPS) is 13.4. The van der Waals surface area contributed by atoms with Gasteiger partial charge in [-0.15, -0.1) is 0 Å². The van der Waals surface area contributed by atoms with Gasteiger partial charge in [-0.3, -0.25) is 23.6 Å². The zero-order chi connectivity index (χ0) is 24.0. The summed E-state index contributed by atoms with van der Waals surface area (Å²) in [4.78, 5) is 56.0. The van der Waals surface area contributed by atoms with Crippen LogP contribution in [0, 0.1) is 0 Å². The van der Waals surface area contributed by atoms with E-state index >= 15 is 0 Å². The molecule has 1 saturated carbocycles. The monoisotopic (exact) mass is 479 g/mol. The molecule has 0 aromatic carbocycles. The number of nitrogens with one attached hydrogen (secondary N) is 1. The predicted molar refractivity (Wildman–Crippen MR) is 128 cm³/mol. The Kier molecular flexibility index (Phi) is 5.52. The number of aryl methyl sites for hydroxylation is 1. The fraction of sp³-hybridized carbons (Fsp3) is 0.304. The van der Waals surface area contributed by atoms with Gasteiger partial charge in [0.1, 0.15) is 22.3 Å². The predicted octanol–water partition coefficient (Wildman–Crippen LogP) is 3.02. The number of aromatic nitrogens is 6. The summed E-state index contributed by atoms with van der Waals surface area (Å²) < 4.78 is 2.90. The number of nitrogens with zero attached hydrogens (tertiary/aromatic N) is 6. The van der Waals surface area contributed by atoms with E-state index in [0.29, 0.717) is 45.6 Å². The molecule has 0 spiro atoms. The third kappa shape index (κ3) is 3.79. The van der Waals surface area contributed by atoms with Gasteiger partial charge in [0.05, 0.1) is 5.56 Å². The number of carbonyl (C=O) groups excluding carboxylic acids is 1. The number of hydrogen-bond donors (Lipinski definition) is 1. The Hall–Kier alpha value is -3.79. The minimum Gasteiger partial charge on any atom is -0.332 e. The molecule has 0 bridgehead atoms. The second-order valence-corrected chi connectivity index (χ2v) is 8.65. The van der Waals surface area contributed by atoms with E-state index in [1.54, 1.807) is 42.1 Å². The number of rotatable bonds is 6. The molecule has 10 nitrogen and oxygen atoms in total. The highest BCUT2D eigenvalue weighted by molar-refractivity contribution is 6.29. The van der Waals surface area contributed by atoms with Crippen molar-refractivity contribution in [1.82, 2.24) is 29.1 Å². The summed E-state index contributed by atoms with van der Waals surface area (Å²) in [5.74, 6) is 0.580. The molecule has 0 radical (unpaired) electrons. The van der Waals surface area contributed by atoms with Gasteiger partial charge < -0.3 is 4.98 Å². The molecule has 34 heavy (non-hydrogen) atoms. The molecule has 11 heteroatoms. The largest absolute Gasteiger partial charge is 0.333 e. The maximum Gasteiger partial charge on any atom is 0.333 e. The Labute approximate surface area is 198 Å². The smallest absolute Gasteiger partial charge is 0.332 e. The topological polar surface area (TPSA) is 119 Å². The van der Waals surface area contributed by atoms with Gasteiger partial charge in [-0.1, -0.05) is 18.5 Å². The molecule has 174 valence electrons. The Morgan fingerprint density at radius 1 is 1.18 bits per heavy atom. The molecule has 4 heterocycles. The second kappa shape index (κ2) is 8.53. The van der Waals surface area contributed by atoms with Crippen LogP contribution in [0.4, 0.5) is 5.82 Å². The van der Waals surface area contributed by atoms with Gasteiger partial charge in [-0.2, -0.15) is 0 Å². The van der Waals surface area contributed by atoms with E-state index in [0.717, 1.165) is 19.3 Å². The first-order valence-electron chi connectivity index (χ1n) is 11.0. The maximum atomic E-state index is 13.0. The Balaban J connectivity index is 1.49. The van der Waals surface area contributed by atoms with Gasteiger partial charge in [0.15, 0.2) is 5.65 Å². The van der Waals surface area contributed by atoms with E-state index in [9.17, 15) is 14.4 Å². The number of halogens is 1. The van der Waals surface area contributed by atoms with Crippen molar-refractivity contribution in [2.45, 2.75) is 38.8 Å². The van der Waals surface area contributed by atoms with Crippen molar-refractivity contribution in [2.24, 2.45) is 0 Å². The average Bonchev–Trinajstić information content (AvgIpc) is 3.58. The molecule has 0 aliphatic heterocycles. The minimum absolute atomic E-state index is 0.0379. The van der Waals surface area contributed by atoms with Crippen LogP contribution in [0.2, 0.25) is 5.15 Å². The fourth-order valence-electron chi connectivity index (χ4n) is 3.88. The van der Waals surface area contributed by atoms with E-state index in [2.05, 4.69) is 19.9 Å². The van der Waals surface area contributed by atoms with Crippen molar-refractivity contribution in [3.63, 3.8) is 0 Å². The molecular formula is C23H22ClN7O3. The first-order chi connectivity index (χ1) is 16.4. The Bertz CT molecular complexity index is 1500. The third-order valence-electron chi connectivity index (χ3n) is 5.81. The van der Waals surface area contributed by atoms with Crippen LogP contribution in [0.15, 0.2) is 46.2 Å². The first-order valence-corrected chi connectivity index (χ1v) is 11.4. The number of carbonyl (C=O) groups is 1. The second-order valence-electron chi connectivity index (χ2n) is 8.26. The molecule has 5 rings (SSSR count). The van der Waals surface area contributed by atoms with E-state index in [1.165, 1.54) is 15.7 Å². The van der Waals surface area contributed by atoms with Gasteiger partial charge >= 0.3 is 5.69 Å². The van der Waals surface area contributed by atoms with E-state index in [1.807, 2.05) is 6.92 Å². The van der Waals surface area contributed by atoms with E-state index in [-0.39, 0.29) is 23.2 Å². The SMILES string of the molecule is CCCn1c(=O)n(C2CC2)c(=O)c2[nH]c(-c3ccc(N(C)C(=O)c4ccc(Cl)nc4)nc3)nc21. The van der Waals surface area contributed by atoms with E-state index in [4.69, 9.17) is 11.6 Å². The van der Waals surface area contributed by atoms with Gasteiger partial charge in [-0.05, 0) is 43.5 Å². The number of aromatic amines is 1. The van der Waals surface area contributed by atoms with Crippen LogP contribution in [0.25, 0.3) is 22.6 Å². The molecule has 0 unspecified atom stereocenters. The molecule has 4 aromatic heterocycles. The molecular weight excluding hydrogens is 458 g/mol. The molecule has 0 atom stereocenters.